The minimum Gasteiger partial charge on any atom is -0.351 e. The smallest absolute Gasteiger partial charge is 0.319 e. The zero-order valence-electron chi connectivity index (χ0n) is 13.6. The molecule has 0 saturated heterocycles. The van der Waals surface area contributed by atoms with Gasteiger partial charge in [-0.2, -0.15) is 0 Å². The molecule has 2 rings (SSSR count). The number of nitrogens with one attached hydrogen (secondary N) is 1. The van der Waals surface area contributed by atoms with Gasteiger partial charge in [-0.05, 0) is 25.0 Å². The molecule has 0 bridgehead atoms. The molecule has 122 valence electrons. The number of imide groups is 1. The van der Waals surface area contributed by atoms with E-state index in [4.69, 9.17) is 10.7 Å². The van der Waals surface area contributed by atoms with Crippen molar-refractivity contribution in [3.8, 4) is 0 Å². The third-order valence-corrected chi connectivity index (χ3v) is 3.87. The minimum atomic E-state index is -0.835. The highest BCUT2D eigenvalue weighted by Crippen LogP contribution is 2.33. The highest BCUT2D eigenvalue weighted by atomic mass is 16.2. The molecular formula is C18H23N3O2. The van der Waals surface area contributed by atoms with Gasteiger partial charge >= 0.3 is 6.03 Å². The van der Waals surface area contributed by atoms with Crippen LogP contribution in [0.15, 0.2) is 34.8 Å². The first-order chi connectivity index (χ1) is 11.1. The van der Waals surface area contributed by atoms with Crippen LogP contribution in [0.2, 0.25) is 0 Å². The highest BCUT2D eigenvalue weighted by Gasteiger charge is 2.27. The first-order valence-electron chi connectivity index (χ1n) is 8.05. The zero-order valence-corrected chi connectivity index (χ0v) is 13.6. The SMILES string of the molecule is CCCC1=Nc2ccccc2C=C(C(=O)NC(N)=O)C1CCC. The van der Waals surface area contributed by atoms with Crippen molar-refractivity contribution in [2.75, 3.05) is 0 Å². The van der Waals surface area contributed by atoms with Gasteiger partial charge in [0.2, 0.25) is 0 Å². The average Bonchev–Trinajstić information content (AvgIpc) is 2.65. The first-order valence-corrected chi connectivity index (χ1v) is 8.05. The van der Waals surface area contributed by atoms with Crippen molar-refractivity contribution in [1.29, 1.82) is 0 Å². The van der Waals surface area contributed by atoms with Crippen LogP contribution in [-0.4, -0.2) is 17.6 Å². The van der Waals surface area contributed by atoms with Gasteiger partial charge in [-0.3, -0.25) is 15.1 Å². The molecule has 3 amide bonds. The Kier molecular flexibility index (Phi) is 5.68. The van der Waals surface area contributed by atoms with Crippen molar-refractivity contribution in [2.45, 2.75) is 39.5 Å². The van der Waals surface area contributed by atoms with E-state index >= 15 is 0 Å². The molecule has 0 radical (unpaired) electrons. The molecule has 3 N–H and O–H groups in total. The monoisotopic (exact) mass is 313 g/mol. The van der Waals surface area contributed by atoms with E-state index in [0.717, 1.165) is 42.6 Å². The molecule has 0 aromatic heterocycles. The maximum atomic E-state index is 12.5. The Morgan fingerprint density at radius 1 is 1.22 bits per heavy atom. The number of hydrogen-bond donors (Lipinski definition) is 2. The number of aliphatic imine (C=N–C) groups is 1. The summed E-state index contributed by atoms with van der Waals surface area (Å²) in [6.45, 7) is 4.17. The van der Waals surface area contributed by atoms with Crippen LogP contribution in [0.5, 0.6) is 0 Å². The molecule has 0 saturated carbocycles. The van der Waals surface area contributed by atoms with Gasteiger partial charge in [0.05, 0.1) is 5.69 Å². The summed E-state index contributed by atoms with van der Waals surface area (Å²) in [7, 11) is 0. The van der Waals surface area contributed by atoms with E-state index in [1.165, 1.54) is 0 Å². The standard InChI is InChI=1S/C18H23N3O2/c1-3-7-13-14(17(22)21-18(19)23)11-12-9-5-6-10-15(12)20-16(13)8-4-2/h5-6,9-11,13H,3-4,7-8H2,1-2H3,(H3,19,21,22,23). The van der Waals surface area contributed by atoms with Crippen molar-refractivity contribution < 1.29 is 9.59 Å². The molecule has 1 aromatic rings. The number of urea groups is 1. The molecule has 1 aliphatic rings. The van der Waals surface area contributed by atoms with E-state index in [9.17, 15) is 9.59 Å². The van der Waals surface area contributed by atoms with Gasteiger partial charge in [-0.15, -0.1) is 0 Å². The summed E-state index contributed by atoms with van der Waals surface area (Å²) < 4.78 is 0. The van der Waals surface area contributed by atoms with Crippen LogP contribution in [0, 0.1) is 5.92 Å². The fraction of sp³-hybridized carbons (Fsp3) is 0.389. The second-order valence-electron chi connectivity index (χ2n) is 5.67. The van der Waals surface area contributed by atoms with Gasteiger partial charge in [0, 0.05) is 22.8 Å². The molecular weight excluding hydrogens is 290 g/mol. The second kappa shape index (κ2) is 7.72. The molecule has 1 atom stereocenters. The van der Waals surface area contributed by atoms with Crippen molar-refractivity contribution in [3.63, 3.8) is 0 Å². The second-order valence-corrected chi connectivity index (χ2v) is 5.67. The lowest BCUT2D eigenvalue weighted by molar-refractivity contribution is -0.116. The van der Waals surface area contributed by atoms with Crippen LogP contribution in [-0.2, 0) is 4.79 Å². The molecule has 1 heterocycles. The number of carbonyl (C=O) groups is 2. The Bertz CT molecular complexity index is 662. The summed E-state index contributed by atoms with van der Waals surface area (Å²) in [5, 5.41) is 2.20. The summed E-state index contributed by atoms with van der Waals surface area (Å²) in [6, 6.07) is 6.88. The lowest BCUT2D eigenvalue weighted by Crippen LogP contribution is -2.38. The summed E-state index contributed by atoms with van der Waals surface area (Å²) in [5.74, 6) is -0.525. The third kappa shape index (κ3) is 4.06. The average molecular weight is 313 g/mol. The lowest BCUT2D eigenvalue weighted by Gasteiger charge is -2.20. The number of carbonyl (C=O) groups excluding carboxylic acids is 2. The fourth-order valence-corrected chi connectivity index (χ4v) is 2.90. The number of hydrogen-bond acceptors (Lipinski definition) is 3. The zero-order chi connectivity index (χ0) is 16.8. The van der Waals surface area contributed by atoms with Crippen molar-refractivity contribution in [3.05, 3.63) is 35.4 Å². The van der Waals surface area contributed by atoms with Gasteiger partial charge in [0.25, 0.3) is 5.91 Å². The molecule has 1 aromatic carbocycles. The van der Waals surface area contributed by atoms with Crippen molar-refractivity contribution in [2.24, 2.45) is 16.6 Å². The Balaban J connectivity index is 2.55. The number of nitrogens with two attached hydrogens (primary N) is 1. The van der Waals surface area contributed by atoms with E-state index in [1.54, 1.807) is 0 Å². The topological polar surface area (TPSA) is 84.6 Å². The maximum absolute atomic E-state index is 12.5. The molecule has 1 aliphatic heterocycles. The van der Waals surface area contributed by atoms with E-state index in [0.29, 0.717) is 5.57 Å². The lowest BCUT2D eigenvalue weighted by atomic mass is 9.86. The van der Waals surface area contributed by atoms with Gasteiger partial charge in [-0.1, -0.05) is 44.9 Å². The number of primary amides is 1. The summed E-state index contributed by atoms with van der Waals surface area (Å²) >= 11 is 0. The van der Waals surface area contributed by atoms with Crippen LogP contribution < -0.4 is 11.1 Å². The molecule has 5 nitrogen and oxygen atoms in total. The molecule has 0 fully saturated rings. The molecule has 23 heavy (non-hydrogen) atoms. The van der Waals surface area contributed by atoms with Crippen LogP contribution >= 0.6 is 0 Å². The fourth-order valence-electron chi connectivity index (χ4n) is 2.90. The van der Waals surface area contributed by atoms with Crippen molar-refractivity contribution >= 4 is 29.4 Å². The molecule has 1 unspecified atom stereocenters. The first kappa shape index (κ1) is 16.9. The van der Waals surface area contributed by atoms with E-state index in [2.05, 4.69) is 19.2 Å². The number of rotatable bonds is 5. The van der Waals surface area contributed by atoms with E-state index < -0.39 is 11.9 Å². The van der Waals surface area contributed by atoms with Gasteiger partial charge in [0.15, 0.2) is 0 Å². The van der Waals surface area contributed by atoms with Gasteiger partial charge in [0.1, 0.15) is 0 Å². The molecule has 0 aliphatic carbocycles. The number of nitrogens with zero attached hydrogens (tertiary/aromatic N) is 1. The summed E-state index contributed by atoms with van der Waals surface area (Å²) in [4.78, 5) is 28.4. The van der Waals surface area contributed by atoms with E-state index in [-0.39, 0.29) is 5.92 Å². The number of benzene rings is 1. The highest BCUT2D eigenvalue weighted by molar-refractivity contribution is 6.11. The Morgan fingerprint density at radius 2 is 1.96 bits per heavy atom. The minimum absolute atomic E-state index is 0.0910. The normalized spacial score (nSPS) is 16.7. The molecule has 0 spiro atoms. The number of para-hydroxylation sites is 1. The quantitative estimate of drug-likeness (QED) is 0.871. The largest absolute Gasteiger partial charge is 0.351 e. The third-order valence-electron chi connectivity index (χ3n) is 3.87. The van der Waals surface area contributed by atoms with Crippen LogP contribution in [0.1, 0.15) is 45.1 Å². The van der Waals surface area contributed by atoms with Crippen LogP contribution in [0.25, 0.3) is 6.08 Å². The van der Waals surface area contributed by atoms with Gasteiger partial charge in [-0.25, -0.2) is 4.79 Å². The Labute approximate surface area is 136 Å². The van der Waals surface area contributed by atoms with E-state index in [1.807, 2.05) is 30.3 Å². The molecule has 5 heteroatoms. The van der Waals surface area contributed by atoms with Crippen LogP contribution in [0.3, 0.4) is 0 Å². The maximum Gasteiger partial charge on any atom is 0.319 e. The van der Waals surface area contributed by atoms with Gasteiger partial charge < -0.3 is 5.73 Å². The Morgan fingerprint density at radius 3 is 2.61 bits per heavy atom. The Hall–Kier alpha value is -2.43. The number of fused-ring (bicyclic) bond motifs is 1. The number of amides is 3. The summed E-state index contributed by atoms with van der Waals surface area (Å²) in [6.07, 6.45) is 5.34. The predicted molar refractivity (Wildman–Crippen MR) is 92.5 cm³/mol. The summed E-state index contributed by atoms with van der Waals surface area (Å²) in [5.41, 5.74) is 8.41. The van der Waals surface area contributed by atoms with Crippen LogP contribution in [0.4, 0.5) is 10.5 Å². The van der Waals surface area contributed by atoms with Crippen molar-refractivity contribution in [1.82, 2.24) is 5.32 Å². The predicted octanol–water partition coefficient (Wildman–Crippen LogP) is 3.57.